The topological polar surface area (TPSA) is 56.6 Å². The van der Waals surface area contributed by atoms with E-state index in [0.29, 0.717) is 30.4 Å². The number of halogens is 1. The van der Waals surface area contributed by atoms with Gasteiger partial charge in [0.25, 0.3) is 0 Å². The maximum absolute atomic E-state index is 13.7. The largest absolute Gasteiger partial charge is 0.489 e. The minimum atomic E-state index is -0.699. The van der Waals surface area contributed by atoms with E-state index in [1.54, 1.807) is 12.1 Å². The zero-order chi connectivity index (χ0) is 28.8. The van der Waals surface area contributed by atoms with Crippen LogP contribution in [0.4, 0.5) is 20.7 Å². The SMILES string of the molecule is CC(C)(C)OC(=O)n1nc(N(Cc2ccc(F)cc2)c2cccc(OCc3ccccc3)c2)cc1-c1ccccc1. The number of aromatic nitrogens is 2. The molecule has 41 heavy (non-hydrogen) atoms. The van der Waals surface area contributed by atoms with Crippen LogP contribution in [0, 0.1) is 5.82 Å². The van der Waals surface area contributed by atoms with Gasteiger partial charge in [-0.3, -0.25) is 0 Å². The Hall–Kier alpha value is -4.91. The standard InChI is InChI=1S/C34H32FN3O3/c1-34(2,3)41-33(39)38-31(27-13-8-5-9-14-27)22-32(36-38)37(23-25-17-19-28(35)20-18-25)29-15-10-16-30(21-29)40-24-26-11-6-4-7-12-26/h4-22H,23-24H2,1-3H3. The molecule has 0 aliphatic rings. The van der Waals surface area contributed by atoms with Crippen molar-refractivity contribution in [3.63, 3.8) is 0 Å². The molecule has 0 atom stereocenters. The number of ether oxygens (including phenoxy) is 2. The average Bonchev–Trinajstić information content (AvgIpc) is 3.42. The zero-order valence-electron chi connectivity index (χ0n) is 23.3. The van der Waals surface area contributed by atoms with E-state index in [4.69, 9.17) is 14.6 Å². The number of carbonyl (C=O) groups excluding carboxylic acids is 1. The van der Waals surface area contributed by atoms with Gasteiger partial charge in [0.15, 0.2) is 5.82 Å². The highest BCUT2D eigenvalue weighted by Gasteiger charge is 2.25. The molecule has 5 aromatic rings. The van der Waals surface area contributed by atoms with Gasteiger partial charge in [0.2, 0.25) is 0 Å². The Morgan fingerprint density at radius 3 is 2.20 bits per heavy atom. The first kappa shape index (κ1) is 27.6. The predicted molar refractivity (Wildman–Crippen MR) is 159 cm³/mol. The molecule has 208 valence electrons. The Morgan fingerprint density at radius 1 is 0.829 bits per heavy atom. The van der Waals surface area contributed by atoms with E-state index in [9.17, 15) is 9.18 Å². The van der Waals surface area contributed by atoms with Crippen LogP contribution in [-0.2, 0) is 17.9 Å². The number of nitrogens with zero attached hydrogens (tertiary/aromatic N) is 3. The molecule has 0 N–H and O–H groups in total. The van der Waals surface area contributed by atoms with Crippen molar-refractivity contribution in [3.05, 3.63) is 132 Å². The van der Waals surface area contributed by atoms with E-state index in [1.165, 1.54) is 16.8 Å². The van der Waals surface area contributed by atoms with Crippen molar-refractivity contribution in [2.45, 2.75) is 39.5 Å². The molecule has 0 radical (unpaired) electrons. The van der Waals surface area contributed by atoms with Gasteiger partial charge in [-0.05, 0) is 56.2 Å². The number of rotatable bonds is 8. The summed E-state index contributed by atoms with van der Waals surface area (Å²) in [5.41, 5.74) is 3.44. The van der Waals surface area contributed by atoms with Gasteiger partial charge in [0.05, 0.1) is 5.69 Å². The fourth-order valence-corrected chi connectivity index (χ4v) is 4.32. The molecule has 7 heteroatoms. The van der Waals surface area contributed by atoms with Crippen molar-refractivity contribution in [1.82, 2.24) is 9.78 Å². The van der Waals surface area contributed by atoms with E-state index < -0.39 is 11.7 Å². The molecule has 0 saturated carbocycles. The van der Waals surface area contributed by atoms with E-state index in [0.717, 1.165) is 22.4 Å². The molecule has 0 aliphatic carbocycles. The van der Waals surface area contributed by atoms with E-state index in [1.807, 2.05) is 117 Å². The summed E-state index contributed by atoms with van der Waals surface area (Å²) in [6.07, 6.45) is -0.579. The van der Waals surface area contributed by atoms with Crippen molar-refractivity contribution in [2.24, 2.45) is 0 Å². The fourth-order valence-electron chi connectivity index (χ4n) is 4.32. The summed E-state index contributed by atoms with van der Waals surface area (Å²) >= 11 is 0. The molecule has 0 saturated heterocycles. The third-order valence-corrected chi connectivity index (χ3v) is 6.24. The van der Waals surface area contributed by atoms with Gasteiger partial charge >= 0.3 is 6.09 Å². The summed E-state index contributed by atoms with van der Waals surface area (Å²) in [4.78, 5) is 15.3. The Balaban J connectivity index is 1.55. The van der Waals surface area contributed by atoms with Crippen LogP contribution >= 0.6 is 0 Å². The van der Waals surface area contributed by atoms with E-state index >= 15 is 0 Å². The van der Waals surface area contributed by atoms with Crippen molar-refractivity contribution in [1.29, 1.82) is 0 Å². The van der Waals surface area contributed by atoms with Gasteiger partial charge in [0, 0.05) is 29.9 Å². The summed E-state index contributed by atoms with van der Waals surface area (Å²) in [6, 6.07) is 35.4. The lowest BCUT2D eigenvalue weighted by atomic mass is 10.1. The minimum absolute atomic E-state index is 0.308. The van der Waals surface area contributed by atoms with Crippen LogP contribution in [0.2, 0.25) is 0 Å². The highest BCUT2D eigenvalue weighted by Crippen LogP contribution is 2.33. The van der Waals surface area contributed by atoms with Crippen molar-refractivity contribution in [2.75, 3.05) is 4.90 Å². The van der Waals surface area contributed by atoms with Gasteiger partial charge in [-0.2, -0.15) is 4.68 Å². The molecule has 0 aliphatic heterocycles. The van der Waals surface area contributed by atoms with Crippen LogP contribution in [0.1, 0.15) is 31.9 Å². The first-order chi connectivity index (χ1) is 19.7. The number of hydrogen-bond donors (Lipinski definition) is 0. The molecule has 0 unspecified atom stereocenters. The maximum Gasteiger partial charge on any atom is 0.435 e. The van der Waals surface area contributed by atoms with Gasteiger partial charge in [-0.1, -0.05) is 78.9 Å². The Morgan fingerprint density at radius 2 is 1.51 bits per heavy atom. The molecule has 4 aromatic carbocycles. The second-order valence-corrected chi connectivity index (χ2v) is 10.6. The lowest BCUT2D eigenvalue weighted by Gasteiger charge is -2.23. The minimum Gasteiger partial charge on any atom is -0.489 e. The highest BCUT2D eigenvalue weighted by molar-refractivity contribution is 5.80. The monoisotopic (exact) mass is 549 g/mol. The highest BCUT2D eigenvalue weighted by atomic mass is 19.1. The predicted octanol–water partition coefficient (Wildman–Crippen LogP) is 8.39. The molecular weight excluding hydrogens is 517 g/mol. The lowest BCUT2D eigenvalue weighted by molar-refractivity contribution is 0.0518. The van der Waals surface area contributed by atoms with Gasteiger partial charge in [-0.25, -0.2) is 9.18 Å². The van der Waals surface area contributed by atoms with Gasteiger partial charge < -0.3 is 14.4 Å². The van der Waals surface area contributed by atoms with Crippen LogP contribution in [0.3, 0.4) is 0 Å². The van der Waals surface area contributed by atoms with Crippen LogP contribution < -0.4 is 9.64 Å². The number of benzene rings is 4. The van der Waals surface area contributed by atoms with Crippen LogP contribution in [0.15, 0.2) is 115 Å². The van der Waals surface area contributed by atoms with Crippen LogP contribution in [-0.4, -0.2) is 21.5 Å². The molecule has 1 aromatic heterocycles. The number of carbonyl (C=O) groups is 1. The third kappa shape index (κ3) is 7.19. The molecule has 5 rings (SSSR count). The Kier molecular flexibility index (Phi) is 8.15. The fraction of sp³-hybridized carbons (Fsp3) is 0.176. The Bertz CT molecular complexity index is 1590. The van der Waals surface area contributed by atoms with Crippen molar-refractivity contribution < 1.29 is 18.7 Å². The molecule has 0 spiro atoms. The first-order valence-electron chi connectivity index (χ1n) is 13.4. The van der Waals surface area contributed by atoms with Crippen molar-refractivity contribution in [3.8, 4) is 17.0 Å². The molecule has 0 bridgehead atoms. The molecular formula is C34H32FN3O3. The van der Waals surface area contributed by atoms with Crippen LogP contribution in [0.25, 0.3) is 11.3 Å². The zero-order valence-corrected chi connectivity index (χ0v) is 23.3. The normalized spacial score (nSPS) is 11.2. The summed E-state index contributed by atoms with van der Waals surface area (Å²) in [7, 11) is 0. The summed E-state index contributed by atoms with van der Waals surface area (Å²) in [5, 5.41) is 4.74. The third-order valence-electron chi connectivity index (χ3n) is 6.24. The number of anilines is 2. The van der Waals surface area contributed by atoms with E-state index in [2.05, 4.69) is 0 Å². The summed E-state index contributed by atoms with van der Waals surface area (Å²) in [6.45, 7) is 6.26. The van der Waals surface area contributed by atoms with Crippen molar-refractivity contribution >= 4 is 17.6 Å². The molecule has 0 amide bonds. The number of hydrogen-bond acceptors (Lipinski definition) is 5. The molecule has 6 nitrogen and oxygen atoms in total. The van der Waals surface area contributed by atoms with Gasteiger partial charge in [-0.15, -0.1) is 5.10 Å². The molecule has 1 heterocycles. The first-order valence-corrected chi connectivity index (χ1v) is 13.4. The summed E-state index contributed by atoms with van der Waals surface area (Å²) in [5.74, 6) is 0.904. The molecule has 0 fully saturated rings. The lowest BCUT2D eigenvalue weighted by Crippen LogP contribution is -2.28. The second kappa shape index (κ2) is 12.1. The van der Waals surface area contributed by atoms with Gasteiger partial charge in [0.1, 0.15) is 23.8 Å². The van der Waals surface area contributed by atoms with Crippen LogP contribution in [0.5, 0.6) is 5.75 Å². The Labute approximate surface area is 239 Å². The summed E-state index contributed by atoms with van der Waals surface area (Å²) < 4.78 is 26.8. The smallest absolute Gasteiger partial charge is 0.435 e. The average molecular weight is 550 g/mol. The van der Waals surface area contributed by atoms with E-state index in [-0.39, 0.29) is 5.82 Å². The maximum atomic E-state index is 13.7. The second-order valence-electron chi connectivity index (χ2n) is 10.6. The quantitative estimate of drug-likeness (QED) is 0.195.